The minimum atomic E-state index is -0.110. The molecule has 5 rings (SSSR count). The van der Waals surface area contributed by atoms with E-state index in [1.807, 2.05) is 89.8 Å². The number of nitrogens with one attached hydrogen (secondary N) is 1. The lowest BCUT2D eigenvalue weighted by Crippen LogP contribution is -2.48. The van der Waals surface area contributed by atoms with E-state index in [4.69, 9.17) is 0 Å². The van der Waals surface area contributed by atoms with Crippen molar-refractivity contribution in [2.24, 2.45) is 0 Å². The van der Waals surface area contributed by atoms with Crippen LogP contribution in [0.3, 0.4) is 0 Å². The number of carbonyl (C=O) groups is 2. The Balaban J connectivity index is 1.17. The zero-order chi connectivity index (χ0) is 24.2. The summed E-state index contributed by atoms with van der Waals surface area (Å²) in [4.78, 5) is 29.8. The van der Waals surface area contributed by atoms with E-state index < -0.39 is 0 Å². The molecule has 1 saturated heterocycles. The van der Waals surface area contributed by atoms with Crippen molar-refractivity contribution in [2.75, 3.05) is 36.4 Å². The number of hydrogen-bond acceptors (Lipinski definition) is 3. The van der Waals surface area contributed by atoms with Crippen LogP contribution in [-0.2, 0) is 6.42 Å². The maximum Gasteiger partial charge on any atom is 0.255 e. The quantitative estimate of drug-likeness (QED) is 0.418. The van der Waals surface area contributed by atoms with Gasteiger partial charge in [0.15, 0.2) is 0 Å². The molecule has 1 aliphatic rings. The summed E-state index contributed by atoms with van der Waals surface area (Å²) in [6.07, 6.45) is 0.954. The average molecular weight is 464 g/mol. The fraction of sp³-hybridized carbons (Fsp3) is 0.200. The monoisotopic (exact) mass is 463 g/mol. The summed E-state index contributed by atoms with van der Waals surface area (Å²) >= 11 is 0. The number of hydrogen-bond donors (Lipinski definition) is 1. The molecule has 0 atom stereocenters. The summed E-state index contributed by atoms with van der Waals surface area (Å²) in [5.41, 5.74) is 4.46. The van der Waals surface area contributed by atoms with Crippen molar-refractivity contribution in [3.63, 3.8) is 0 Å². The smallest absolute Gasteiger partial charge is 0.255 e. The van der Waals surface area contributed by atoms with E-state index in [1.54, 1.807) is 0 Å². The van der Waals surface area contributed by atoms with E-state index in [9.17, 15) is 9.59 Å². The Hall–Kier alpha value is -4.12. The topological polar surface area (TPSA) is 52.7 Å². The molecule has 35 heavy (non-hydrogen) atoms. The van der Waals surface area contributed by atoms with Crippen LogP contribution >= 0.6 is 0 Å². The van der Waals surface area contributed by atoms with E-state index in [0.29, 0.717) is 18.7 Å². The van der Waals surface area contributed by atoms with Gasteiger partial charge in [-0.05, 0) is 71.3 Å². The van der Waals surface area contributed by atoms with Crippen LogP contribution in [0.15, 0.2) is 91.0 Å². The Bertz CT molecular complexity index is 1340. The predicted octanol–water partition coefficient (Wildman–Crippen LogP) is 5.62. The van der Waals surface area contributed by atoms with Crippen molar-refractivity contribution >= 4 is 34.0 Å². The van der Waals surface area contributed by atoms with Crippen LogP contribution in [0, 0.1) is 0 Å². The number of piperazine rings is 1. The summed E-state index contributed by atoms with van der Waals surface area (Å²) in [6.45, 7) is 5.00. The number of nitrogens with zero attached hydrogens (tertiary/aromatic N) is 2. The lowest BCUT2D eigenvalue weighted by Gasteiger charge is -2.36. The molecule has 0 saturated carbocycles. The molecule has 1 aliphatic heterocycles. The molecule has 0 aliphatic carbocycles. The second-order valence-corrected chi connectivity index (χ2v) is 8.89. The van der Waals surface area contributed by atoms with E-state index in [0.717, 1.165) is 47.2 Å². The van der Waals surface area contributed by atoms with Crippen LogP contribution in [0.5, 0.6) is 0 Å². The SMILES string of the molecule is CCc1ccc(C(=O)Nc2ccc(N3CCN(C(=O)c4ccc5ccccc5c4)CC3)cc2)cc1. The van der Waals surface area contributed by atoms with Crippen LogP contribution in [0.2, 0.25) is 0 Å². The van der Waals surface area contributed by atoms with Crippen molar-refractivity contribution in [1.82, 2.24) is 4.90 Å². The highest BCUT2D eigenvalue weighted by molar-refractivity contribution is 6.04. The predicted molar refractivity (Wildman–Crippen MR) is 142 cm³/mol. The zero-order valence-corrected chi connectivity index (χ0v) is 19.9. The van der Waals surface area contributed by atoms with Crippen LogP contribution in [0.4, 0.5) is 11.4 Å². The standard InChI is InChI=1S/C30H29N3O2/c1-2-22-7-9-24(10-8-22)29(34)31-27-13-15-28(16-14-27)32-17-19-33(20-18-32)30(35)26-12-11-23-5-3-4-6-25(23)21-26/h3-16,21H,2,17-20H2,1H3,(H,31,34). The first kappa shape index (κ1) is 22.7. The molecule has 0 aromatic heterocycles. The van der Waals surface area contributed by atoms with Gasteiger partial charge in [0.25, 0.3) is 11.8 Å². The molecule has 1 fully saturated rings. The lowest BCUT2D eigenvalue weighted by molar-refractivity contribution is 0.0746. The third-order valence-corrected chi connectivity index (χ3v) is 6.68. The van der Waals surface area contributed by atoms with Crippen molar-refractivity contribution in [3.05, 3.63) is 108 Å². The van der Waals surface area contributed by atoms with Crippen LogP contribution in [0.1, 0.15) is 33.2 Å². The van der Waals surface area contributed by atoms with Gasteiger partial charge in [-0.15, -0.1) is 0 Å². The first-order valence-corrected chi connectivity index (χ1v) is 12.1. The molecule has 4 aromatic rings. The highest BCUT2D eigenvalue weighted by Gasteiger charge is 2.22. The van der Waals surface area contributed by atoms with E-state index >= 15 is 0 Å². The van der Waals surface area contributed by atoms with Crippen molar-refractivity contribution in [1.29, 1.82) is 0 Å². The van der Waals surface area contributed by atoms with Gasteiger partial charge in [-0.1, -0.05) is 49.4 Å². The Morgan fingerprint density at radius 1 is 0.743 bits per heavy atom. The summed E-state index contributed by atoms with van der Waals surface area (Å²) < 4.78 is 0. The number of benzene rings is 4. The van der Waals surface area contributed by atoms with Gasteiger partial charge >= 0.3 is 0 Å². The molecule has 1 heterocycles. The van der Waals surface area contributed by atoms with Gasteiger partial charge in [-0.2, -0.15) is 0 Å². The lowest BCUT2D eigenvalue weighted by atomic mass is 10.1. The Morgan fingerprint density at radius 2 is 1.40 bits per heavy atom. The number of fused-ring (bicyclic) bond motifs is 1. The average Bonchev–Trinajstić information content (AvgIpc) is 2.93. The van der Waals surface area contributed by atoms with Gasteiger partial charge in [0, 0.05) is 48.7 Å². The zero-order valence-electron chi connectivity index (χ0n) is 19.9. The first-order chi connectivity index (χ1) is 17.1. The fourth-order valence-electron chi connectivity index (χ4n) is 4.52. The van der Waals surface area contributed by atoms with Gasteiger partial charge < -0.3 is 15.1 Å². The van der Waals surface area contributed by atoms with Gasteiger partial charge in [0.1, 0.15) is 0 Å². The van der Waals surface area contributed by atoms with E-state index in [2.05, 4.69) is 23.2 Å². The summed E-state index contributed by atoms with van der Waals surface area (Å²) in [7, 11) is 0. The normalized spacial score (nSPS) is 13.6. The van der Waals surface area contributed by atoms with Gasteiger partial charge in [-0.25, -0.2) is 0 Å². The summed E-state index contributed by atoms with van der Waals surface area (Å²) in [5.74, 6) is -0.0262. The highest BCUT2D eigenvalue weighted by atomic mass is 16.2. The Labute approximate surface area is 206 Å². The van der Waals surface area contributed by atoms with Crippen LogP contribution in [0.25, 0.3) is 10.8 Å². The fourth-order valence-corrected chi connectivity index (χ4v) is 4.52. The molecule has 0 spiro atoms. The van der Waals surface area contributed by atoms with Gasteiger partial charge in [-0.3, -0.25) is 9.59 Å². The van der Waals surface area contributed by atoms with Gasteiger partial charge in [0.2, 0.25) is 0 Å². The number of aryl methyl sites for hydroxylation is 1. The minimum absolute atomic E-state index is 0.0837. The largest absolute Gasteiger partial charge is 0.368 e. The van der Waals surface area contributed by atoms with E-state index in [1.165, 1.54) is 5.56 Å². The number of carbonyl (C=O) groups excluding carboxylic acids is 2. The van der Waals surface area contributed by atoms with Crippen molar-refractivity contribution in [3.8, 4) is 0 Å². The number of rotatable bonds is 5. The van der Waals surface area contributed by atoms with Crippen molar-refractivity contribution in [2.45, 2.75) is 13.3 Å². The maximum absolute atomic E-state index is 13.1. The second kappa shape index (κ2) is 10.0. The molecule has 0 unspecified atom stereocenters. The Kier molecular flexibility index (Phi) is 6.49. The van der Waals surface area contributed by atoms with Crippen molar-refractivity contribution < 1.29 is 9.59 Å². The first-order valence-electron chi connectivity index (χ1n) is 12.1. The summed E-state index contributed by atoms with van der Waals surface area (Å²) in [6, 6.07) is 29.6. The van der Waals surface area contributed by atoms with Crippen LogP contribution < -0.4 is 10.2 Å². The molecule has 4 aromatic carbocycles. The summed E-state index contributed by atoms with van der Waals surface area (Å²) in [5, 5.41) is 5.20. The second-order valence-electron chi connectivity index (χ2n) is 8.89. The van der Waals surface area contributed by atoms with E-state index in [-0.39, 0.29) is 11.8 Å². The molecule has 5 heteroatoms. The molecule has 2 amide bonds. The highest BCUT2D eigenvalue weighted by Crippen LogP contribution is 2.22. The molecule has 1 N–H and O–H groups in total. The van der Waals surface area contributed by atoms with Crippen LogP contribution in [-0.4, -0.2) is 42.9 Å². The minimum Gasteiger partial charge on any atom is -0.368 e. The molecule has 0 bridgehead atoms. The molecule has 176 valence electrons. The third kappa shape index (κ3) is 5.04. The van der Waals surface area contributed by atoms with Gasteiger partial charge in [0.05, 0.1) is 0 Å². The molecule has 0 radical (unpaired) electrons. The molecular formula is C30H29N3O2. The number of amides is 2. The molecular weight excluding hydrogens is 434 g/mol. The number of anilines is 2. The maximum atomic E-state index is 13.1. The Morgan fingerprint density at radius 3 is 2.09 bits per heavy atom. The third-order valence-electron chi connectivity index (χ3n) is 6.68. The molecule has 5 nitrogen and oxygen atoms in total.